The lowest BCUT2D eigenvalue weighted by molar-refractivity contribution is 0.0654. The fraction of sp³-hybridized carbons (Fsp3) is 0.533. The van der Waals surface area contributed by atoms with Crippen molar-refractivity contribution in [2.24, 2.45) is 5.92 Å². The maximum atomic E-state index is 12.6. The molecule has 1 atom stereocenters. The van der Waals surface area contributed by atoms with E-state index in [4.69, 9.17) is 16.7 Å². The maximum absolute atomic E-state index is 12.6. The predicted octanol–water partition coefficient (Wildman–Crippen LogP) is 2.62. The third-order valence-electron chi connectivity index (χ3n) is 3.82. The summed E-state index contributed by atoms with van der Waals surface area (Å²) in [5.41, 5.74) is 1.41. The molecule has 1 heterocycles. The summed E-state index contributed by atoms with van der Waals surface area (Å²) in [6.07, 6.45) is 2.84. The number of amides is 1. The second kappa shape index (κ2) is 6.95. The van der Waals surface area contributed by atoms with E-state index < -0.39 is 0 Å². The molecule has 1 aromatic carbocycles. The van der Waals surface area contributed by atoms with Crippen molar-refractivity contribution in [2.45, 2.75) is 19.3 Å². The molecule has 2 N–H and O–H groups in total. The van der Waals surface area contributed by atoms with Gasteiger partial charge >= 0.3 is 0 Å². The summed E-state index contributed by atoms with van der Waals surface area (Å²) < 4.78 is 0. The van der Waals surface area contributed by atoms with E-state index in [9.17, 15) is 4.79 Å². The molecule has 4 nitrogen and oxygen atoms in total. The molecule has 1 fully saturated rings. The van der Waals surface area contributed by atoms with Gasteiger partial charge in [0.2, 0.25) is 0 Å². The van der Waals surface area contributed by atoms with Crippen LogP contribution in [0.3, 0.4) is 0 Å². The molecule has 20 heavy (non-hydrogen) atoms. The largest absolute Gasteiger partial charge is 0.396 e. The standard InChI is InChI=1S/C15H21ClN2O2/c1-17-14-5-4-12(16)9-13(14)15(20)18-7-2-3-11(10-18)6-8-19/h4-5,9,11,17,19H,2-3,6-8,10H2,1H3. The van der Waals surface area contributed by atoms with Crippen molar-refractivity contribution in [2.75, 3.05) is 32.1 Å². The molecule has 1 aliphatic rings. The van der Waals surface area contributed by atoms with Crippen molar-refractivity contribution in [1.29, 1.82) is 0 Å². The van der Waals surface area contributed by atoms with Gasteiger partial charge < -0.3 is 15.3 Å². The molecule has 5 heteroatoms. The van der Waals surface area contributed by atoms with Crippen LogP contribution >= 0.6 is 11.6 Å². The molecule has 1 unspecified atom stereocenters. The lowest BCUT2D eigenvalue weighted by atomic mass is 9.94. The zero-order chi connectivity index (χ0) is 14.5. The van der Waals surface area contributed by atoms with E-state index in [1.807, 2.05) is 11.0 Å². The van der Waals surface area contributed by atoms with Gasteiger partial charge in [0.25, 0.3) is 5.91 Å². The van der Waals surface area contributed by atoms with E-state index in [2.05, 4.69) is 5.32 Å². The zero-order valence-corrected chi connectivity index (χ0v) is 12.5. The van der Waals surface area contributed by atoms with Crippen LogP contribution in [0.4, 0.5) is 5.69 Å². The molecule has 0 aliphatic carbocycles. The van der Waals surface area contributed by atoms with Gasteiger partial charge in [-0.05, 0) is 43.4 Å². The highest BCUT2D eigenvalue weighted by molar-refractivity contribution is 6.31. The van der Waals surface area contributed by atoms with Crippen molar-refractivity contribution in [1.82, 2.24) is 4.90 Å². The Morgan fingerprint density at radius 1 is 1.55 bits per heavy atom. The average Bonchev–Trinajstić information content (AvgIpc) is 2.47. The van der Waals surface area contributed by atoms with Crippen LogP contribution in [-0.4, -0.2) is 42.7 Å². The molecule has 0 bridgehead atoms. The number of piperidine rings is 1. The summed E-state index contributed by atoms with van der Waals surface area (Å²) in [6, 6.07) is 5.31. The maximum Gasteiger partial charge on any atom is 0.256 e. The topological polar surface area (TPSA) is 52.6 Å². The molecule has 0 saturated carbocycles. The minimum absolute atomic E-state index is 0.0134. The summed E-state index contributed by atoms with van der Waals surface area (Å²) in [4.78, 5) is 14.5. The van der Waals surface area contributed by atoms with Gasteiger partial charge in [-0.2, -0.15) is 0 Å². The van der Waals surface area contributed by atoms with Crippen molar-refractivity contribution < 1.29 is 9.90 Å². The summed E-state index contributed by atoms with van der Waals surface area (Å²) in [5, 5.41) is 12.6. The number of carbonyl (C=O) groups is 1. The summed E-state index contributed by atoms with van der Waals surface area (Å²) in [5.74, 6) is 0.411. The molecule has 2 rings (SSSR count). The summed E-state index contributed by atoms with van der Waals surface area (Å²) >= 11 is 6.00. The van der Waals surface area contributed by atoms with Gasteiger partial charge in [0.15, 0.2) is 0 Å². The number of halogens is 1. The molecule has 0 spiro atoms. The van der Waals surface area contributed by atoms with E-state index >= 15 is 0 Å². The minimum atomic E-state index is 0.0134. The first kappa shape index (κ1) is 15.1. The Hall–Kier alpha value is -1.26. The third kappa shape index (κ3) is 3.44. The lowest BCUT2D eigenvalue weighted by Crippen LogP contribution is -2.40. The first-order chi connectivity index (χ1) is 9.65. The van der Waals surface area contributed by atoms with E-state index in [0.717, 1.165) is 38.0 Å². The molecule has 0 radical (unpaired) electrons. The van der Waals surface area contributed by atoms with Crippen molar-refractivity contribution >= 4 is 23.2 Å². The van der Waals surface area contributed by atoms with Crippen LogP contribution < -0.4 is 5.32 Å². The highest BCUT2D eigenvalue weighted by Crippen LogP contribution is 2.25. The fourth-order valence-corrected chi connectivity index (χ4v) is 2.92. The molecule has 1 aromatic rings. The Morgan fingerprint density at radius 3 is 3.05 bits per heavy atom. The number of hydrogen-bond acceptors (Lipinski definition) is 3. The minimum Gasteiger partial charge on any atom is -0.396 e. The molecular formula is C15H21ClN2O2. The summed E-state index contributed by atoms with van der Waals surface area (Å²) in [6.45, 7) is 1.68. The van der Waals surface area contributed by atoms with E-state index in [1.54, 1.807) is 19.2 Å². The number of carbonyl (C=O) groups excluding carboxylic acids is 1. The predicted molar refractivity (Wildman–Crippen MR) is 81.3 cm³/mol. The van der Waals surface area contributed by atoms with Gasteiger partial charge in [0.1, 0.15) is 0 Å². The van der Waals surface area contributed by atoms with Crippen LogP contribution in [0.25, 0.3) is 0 Å². The first-order valence-corrected chi connectivity index (χ1v) is 7.41. The van der Waals surface area contributed by atoms with Gasteiger partial charge in [0.05, 0.1) is 5.56 Å². The number of aliphatic hydroxyl groups excluding tert-OH is 1. The number of anilines is 1. The Balaban J connectivity index is 2.16. The van der Waals surface area contributed by atoms with Gasteiger partial charge in [0, 0.05) is 37.5 Å². The van der Waals surface area contributed by atoms with Crippen LogP contribution in [0.15, 0.2) is 18.2 Å². The number of aliphatic hydroxyl groups is 1. The normalized spacial score (nSPS) is 18.9. The lowest BCUT2D eigenvalue weighted by Gasteiger charge is -2.33. The number of rotatable bonds is 4. The van der Waals surface area contributed by atoms with Gasteiger partial charge in [-0.1, -0.05) is 11.6 Å². The van der Waals surface area contributed by atoms with Crippen LogP contribution in [0.2, 0.25) is 5.02 Å². The Kier molecular flexibility index (Phi) is 5.26. The number of benzene rings is 1. The van der Waals surface area contributed by atoms with Crippen molar-refractivity contribution in [3.8, 4) is 0 Å². The van der Waals surface area contributed by atoms with Crippen LogP contribution in [0, 0.1) is 5.92 Å². The highest BCUT2D eigenvalue weighted by Gasteiger charge is 2.25. The molecule has 110 valence electrons. The number of nitrogens with one attached hydrogen (secondary N) is 1. The van der Waals surface area contributed by atoms with Crippen molar-refractivity contribution in [3.63, 3.8) is 0 Å². The van der Waals surface area contributed by atoms with Crippen LogP contribution in [-0.2, 0) is 0 Å². The second-order valence-electron chi connectivity index (χ2n) is 5.21. The van der Waals surface area contributed by atoms with E-state index in [1.165, 1.54) is 0 Å². The van der Waals surface area contributed by atoms with E-state index in [-0.39, 0.29) is 12.5 Å². The molecule has 1 saturated heterocycles. The SMILES string of the molecule is CNc1ccc(Cl)cc1C(=O)N1CCCC(CCO)C1. The number of hydrogen-bond donors (Lipinski definition) is 2. The quantitative estimate of drug-likeness (QED) is 0.898. The average molecular weight is 297 g/mol. The van der Waals surface area contributed by atoms with Gasteiger partial charge in [-0.15, -0.1) is 0 Å². The molecular weight excluding hydrogens is 276 g/mol. The fourth-order valence-electron chi connectivity index (χ4n) is 2.75. The summed E-state index contributed by atoms with van der Waals surface area (Å²) in [7, 11) is 1.80. The van der Waals surface area contributed by atoms with Crippen LogP contribution in [0.1, 0.15) is 29.6 Å². The molecule has 0 aromatic heterocycles. The zero-order valence-electron chi connectivity index (χ0n) is 11.7. The Morgan fingerprint density at radius 2 is 2.35 bits per heavy atom. The number of nitrogens with zero attached hydrogens (tertiary/aromatic N) is 1. The van der Waals surface area contributed by atoms with E-state index in [0.29, 0.717) is 16.5 Å². The van der Waals surface area contributed by atoms with Gasteiger partial charge in [-0.3, -0.25) is 4.79 Å². The van der Waals surface area contributed by atoms with Gasteiger partial charge in [-0.25, -0.2) is 0 Å². The first-order valence-electron chi connectivity index (χ1n) is 7.03. The third-order valence-corrected chi connectivity index (χ3v) is 4.06. The van der Waals surface area contributed by atoms with Crippen LogP contribution in [0.5, 0.6) is 0 Å². The smallest absolute Gasteiger partial charge is 0.256 e. The number of likely N-dealkylation sites (tertiary alicyclic amines) is 1. The van der Waals surface area contributed by atoms with Crippen molar-refractivity contribution in [3.05, 3.63) is 28.8 Å². The Labute approximate surface area is 124 Å². The Bertz CT molecular complexity index is 477. The molecule has 1 amide bonds. The second-order valence-corrected chi connectivity index (χ2v) is 5.65. The molecule has 1 aliphatic heterocycles. The monoisotopic (exact) mass is 296 g/mol. The highest BCUT2D eigenvalue weighted by atomic mass is 35.5.